The average Bonchev–Trinajstić information content (AvgIpc) is 3.20. The minimum Gasteiger partial charge on any atom is -0.508 e. The first-order chi connectivity index (χ1) is 15.0. The van der Waals surface area contributed by atoms with Gasteiger partial charge in [-0.2, -0.15) is 0 Å². The SMILES string of the molecule is COc1ccc(CC(=O)Nc2oc(-c3ccccc3)nc2-c2ccc(Cl)cc2)c(O)c1. The second-order valence-corrected chi connectivity index (χ2v) is 7.23. The summed E-state index contributed by atoms with van der Waals surface area (Å²) in [5, 5.41) is 13.5. The predicted molar refractivity (Wildman–Crippen MR) is 119 cm³/mol. The number of amides is 1. The van der Waals surface area contributed by atoms with Crippen molar-refractivity contribution in [2.75, 3.05) is 12.4 Å². The molecular weight excluding hydrogens is 416 g/mol. The Bertz CT molecular complexity index is 1200. The number of rotatable bonds is 6. The van der Waals surface area contributed by atoms with E-state index in [1.165, 1.54) is 13.2 Å². The van der Waals surface area contributed by atoms with Crippen LogP contribution in [-0.2, 0) is 11.2 Å². The predicted octanol–water partition coefficient (Wildman–Crippen LogP) is 5.56. The quantitative estimate of drug-likeness (QED) is 0.415. The van der Waals surface area contributed by atoms with E-state index in [4.69, 9.17) is 20.8 Å². The number of aromatic nitrogens is 1. The van der Waals surface area contributed by atoms with E-state index in [2.05, 4.69) is 10.3 Å². The van der Waals surface area contributed by atoms with Crippen LogP contribution in [0.4, 0.5) is 5.88 Å². The number of nitrogens with one attached hydrogen (secondary N) is 1. The molecule has 0 aliphatic carbocycles. The summed E-state index contributed by atoms with van der Waals surface area (Å²) in [4.78, 5) is 17.3. The van der Waals surface area contributed by atoms with E-state index >= 15 is 0 Å². The third kappa shape index (κ3) is 4.70. The molecule has 2 N–H and O–H groups in total. The molecule has 1 heterocycles. The summed E-state index contributed by atoms with van der Waals surface area (Å²) < 4.78 is 11.0. The number of oxazole rings is 1. The molecular formula is C24H19ClN2O4. The Balaban J connectivity index is 1.64. The third-order valence-corrected chi connectivity index (χ3v) is 4.91. The minimum atomic E-state index is -0.355. The fraction of sp³-hybridized carbons (Fsp3) is 0.0833. The summed E-state index contributed by atoms with van der Waals surface area (Å²) in [5.74, 6) is 0.739. The number of carbonyl (C=O) groups is 1. The first-order valence-corrected chi connectivity index (χ1v) is 9.89. The van der Waals surface area contributed by atoms with Crippen LogP contribution in [0, 0.1) is 0 Å². The highest BCUT2D eigenvalue weighted by Gasteiger charge is 2.19. The van der Waals surface area contributed by atoms with Gasteiger partial charge in [0.1, 0.15) is 17.2 Å². The Labute approximate surface area is 184 Å². The summed E-state index contributed by atoms with van der Waals surface area (Å²) >= 11 is 6.00. The second kappa shape index (κ2) is 8.93. The maximum Gasteiger partial charge on any atom is 0.231 e. The van der Waals surface area contributed by atoms with Crippen molar-refractivity contribution in [2.45, 2.75) is 6.42 Å². The van der Waals surface area contributed by atoms with Crippen molar-refractivity contribution in [3.05, 3.63) is 83.4 Å². The van der Waals surface area contributed by atoms with Crippen molar-refractivity contribution in [3.8, 4) is 34.2 Å². The molecule has 0 aliphatic rings. The van der Waals surface area contributed by atoms with Crippen LogP contribution >= 0.6 is 11.6 Å². The Hall–Kier alpha value is -3.77. The van der Waals surface area contributed by atoms with E-state index in [9.17, 15) is 9.90 Å². The summed E-state index contributed by atoms with van der Waals surface area (Å²) in [6, 6.07) is 21.3. The first-order valence-electron chi connectivity index (χ1n) is 9.51. The zero-order valence-corrected chi connectivity index (χ0v) is 17.4. The lowest BCUT2D eigenvalue weighted by atomic mass is 10.1. The number of phenolic OH excluding ortho intramolecular Hbond substituents is 1. The van der Waals surface area contributed by atoms with Crippen LogP contribution in [0.3, 0.4) is 0 Å². The van der Waals surface area contributed by atoms with E-state index in [0.29, 0.717) is 27.9 Å². The van der Waals surface area contributed by atoms with Gasteiger partial charge < -0.3 is 14.3 Å². The lowest BCUT2D eigenvalue weighted by Gasteiger charge is -2.07. The molecule has 0 radical (unpaired) electrons. The number of phenols is 1. The van der Waals surface area contributed by atoms with Crippen molar-refractivity contribution in [2.24, 2.45) is 0 Å². The molecule has 0 atom stereocenters. The van der Waals surface area contributed by atoms with Crippen molar-refractivity contribution in [3.63, 3.8) is 0 Å². The average molecular weight is 435 g/mol. The van der Waals surface area contributed by atoms with Gasteiger partial charge in [0.15, 0.2) is 0 Å². The number of halogens is 1. The van der Waals surface area contributed by atoms with Crippen LogP contribution in [0.15, 0.2) is 77.2 Å². The third-order valence-electron chi connectivity index (χ3n) is 4.66. The summed E-state index contributed by atoms with van der Waals surface area (Å²) in [6.45, 7) is 0. The summed E-state index contributed by atoms with van der Waals surface area (Å²) in [5.41, 5.74) is 2.49. The molecule has 4 rings (SSSR count). The molecule has 0 unspecified atom stereocenters. The van der Waals surface area contributed by atoms with E-state index < -0.39 is 0 Å². The molecule has 3 aromatic carbocycles. The molecule has 31 heavy (non-hydrogen) atoms. The monoisotopic (exact) mass is 434 g/mol. The van der Waals surface area contributed by atoms with Gasteiger partial charge in [-0.3, -0.25) is 10.1 Å². The zero-order chi connectivity index (χ0) is 21.8. The van der Waals surface area contributed by atoms with Crippen molar-refractivity contribution < 1.29 is 19.1 Å². The zero-order valence-electron chi connectivity index (χ0n) is 16.6. The van der Waals surface area contributed by atoms with Gasteiger partial charge in [-0.05, 0) is 30.3 Å². The number of carbonyl (C=O) groups excluding carboxylic acids is 1. The van der Waals surface area contributed by atoms with E-state index in [1.54, 1.807) is 36.4 Å². The lowest BCUT2D eigenvalue weighted by molar-refractivity contribution is -0.115. The Morgan fingerprint density at radius 1 is 1.06 bits per heavy atom. The smallest absolute Gasteiger partial charge is 0.231 e. The van der Waals surface area contributed by atoms with Gasteiger partial charge in [-0.25, -0.2) is 4.98 Å². The first kappa shape index (κ1) is 20.5. The molecule has 7 heteroatoms. The van der Waals surface area contributed by atoms with Gasteiger partial charge >= 0.3 is 0 Å². The number of nitrogens with zero attached hydrogens (tertiary/aromatic N) is 1. The molecule has 0 bridgehead atoms. The van der Waals surface area contributed by atoms with Crippen molar-refractivity contribution >= 4 is 23.4 Å². The Morgan fingerprint density at radius 2 is 1.81 bits per heavy atom. The van der Waals surface area contributed by atoms with Crippen LogP contribution in [0.5, 0.6) is 11.5 Å². The molecule has 6 nitrogen and oxygen atoms in total. The highest BCUT2D eigenvalue weighted by Crippen LogP contribution is 2.33. The number of hydrogen-bond acceptors (Lipinski definition) is 5. The maximum absolute atomic E-state index is 12.7. The molecule has 156 valence electrons. The standard InChI is InChI=1S/C24H19ClN2O4/c1-30-19-12-9-17(20(28)14-19)13-21(29)26-24-22(15-7-10-18(25)11-8-15)27-23(31-24)16-5-3-2-4-6-16/h2-12,14,28H,13H2,1H3,(H,26,29). The minimum absolute atomic E-state index is 0.0185. The fourth-order valence-electron chi connectivity index (χ4n) is 3.08. The van der Waals surface area contributed by atoms with Crippen molar-refractivity contribution in [1.29, 1.82) is 0 Å². The van der Waals surface area contributed by atoms with Crippen LogP contribution in [0.25, 0.3) is 22.7 Å². The van der Waals surface area contributed by atoms with E-state index in [-0.39, 0.29) is 24.0 Å². The van der Waals surface area contributed by atoms with Gasteiger partial charge in [-0.1, -0.05) is 48.0 Å². The molecule has 4 aromatic rings. The number of ether oxygens (including phenoxy) is 1. The molecule has 0 saturated heterocycles. The van der Waals surface area contributed by atoms with Crippen LogP contribution in [0.1, 0.15) is 5.56 Å². The second-order valence-electron chi connectivity index (χ2n) is 6.79. The van der Waals surface area contributed by atoms with Gasteiger partial charge in [0.25, 0.3) is 0 Å². The van der Waals surface area contributed by atoms with Crippen molar-refractivity contribution in [1.82, 2.24) is 4.98 Å². The molecule has 1 amide bonds. The molecule has 0 aliphatic heterocycles. The van der Waals surface area contributed by atoms with Gasteiger partial charge in [0.2, 0.25) is 17.7 Å². The Morgan fingerprint density at radius 3 is 2.48 bits per heavy atom. The number of hydrogen-bond donors (Lipinski definition) is 2. The fourth-order valence-corrected chi connectivity index (χ4v) is 3.20. The van der Waals surface area contributed by atoms with Crippen LogP contribution < -0.4 is 10.1 Å². The largest absolute Gasteiger partial charge is 0.508 e. The molecule has 0 spiro atoms. The number of aromatic hydroxyl groups is 1. The lowest BCUT2D eigenvalue weighted by Crippen LogP contribution is -2.14. The number of benzene rings is 3. The van der Waals surface area contributed by atoms with Gasteiger partial charge in [0.05, 0.1) is 13.5 Å². The molecule has 0 saturated carbocycles. The maximum atomic E-state index is 12.7. The highest BCUT2D eigenvalue weighted by atomic mass is 35.5. The normalized spacial score (nSPS) is 10.6. The number of anilines is 1. The summed E-state index contributed by atoms with van der Waals surface area (Å²) in [7, 11) is 1.51. The van der Waals surface area contributed by atoms with Crippen LogP contribution in [-0.4, -0.2) is 23.1 Å². The highest BCUT2D eigenvalue weighted by molar-refractivity contribution is 6.30. The molecule has 1 aromatic heterocycles. The Kier molecular flexibility index (Phi) is 5.91. The van der Waals surface area contributed by atoms with Crippen LogP contribution in [0.2, 0.25) is 5.02 Å². The number of methoxy groups -OCH3 is 1. The van der Waals surface area contributed by atoms with Gasteiger partial charge in [-0.15, -0.1) is 0 Å². The molecule has 0 fully saturated rings. The topological polar surface area (TPSA) is 84.6 Å². The van der Waals surface area contributed by atoms with Gasteiger partial charge in [0, 0.05) is 27.8 Å². The van der Waals surface area contributed by atoms with E-state index in [1.807, 2.05) is 30.3 Å². The van der Waals surface area contributed by atoms with E-state index in [0.717, 1.165) is 11.1 Å². The summed E-state index contributed by atoms with van der Waals surface area (Å²) in [6.07, 6.45) is -0.0444.